The molecule has 7 heteroatoms. The highest BCUT2D eigenvalue weighted by Gasteiger charge is 2.33. The average molecular weight is 471 g/mol. The van der Waals surface area contributed by atoms with Gasteiger partial charge in [-0.05, 0) is 66.8 Å². The van der Waals surface area contributed by atoms with Crippen molar-refractivity contribution < 1.29 is 9.53 Å². The molecule has 1 aliphatic heterocycles. The molecule has 1 N–H and O–H groups in total. The summed E-state index contributed by atoms with van der Waals surface area (Å²) < 4.78 is 4.85. The van der Waals surface area contributed by atoms with Gasteiger partial charge in [0.05, 0.1) is 24.4 Å². The quantitative estimate of drug-likeness (QED) is 0.336. The number of hydrogen-bond acceptors (Lipinski definition) is 7. The van der Waals surface area contributed by atoms with Gasteiger partial charge < -0.3 is 10.1 Å². The zero-order valence-corrected chi connectivity index (χ0v) is 20.0. The second kappa shape index (κ2) is 9.81. The number of rotatable bonds is 7. The Hall–Kier alpha value is -3.45. The molecule has 0 bridgehead atoms. The van der Waals surface area contributed by atoms with E-state index < -0.39 is 0 Å². The van der Waals surface area contributed by atoms with Crippen molar-refractivity contribution in [3.8, 4) is 11.3 Å². The summed E-state index contributed by atoms with van der Waals surface area (Å²) in [7, 11) is 1.38. The van der Waals surface area contributed by atoms with E-state index in [0.717, 1.165) is 28.4 Å². The predicted octanol–water partition coefficient (Wildman–Crippen LogP) is 6.02. The van der Waals surface area contributed by atoms with Crippen LogP contribution in [0.4, 0.5) is 5.82 Å². The number of carbonyl (C=O) groups excluding carboxylic acids is 1. The summed E-state index contributed by atoms with van der Waals surface area (Å²) >= 11 is 1.41. The van der Waals surface area contributed by atoms with Crippen molar-refractivity contribution in [2.45, 2.75) is 42.3 Å². The average Bonchev–Trinajstić information content (AvgIpc) is 3.64. The molecule has 2 heterocycles. The second-order valence-electron chi connectivity index (χ2n) is 8.39. The number of carbonyl (C=O) groups is 1. The molecule has 0 radical (unpaired) electrons. The first kappa shape index (κ1) is 22.3. The van der Waals surface area contributed by atoms with Crippen LogP contribution in [0, 0.1) is 5.92 Å². The maximum Gasteiger partial charge on any atom is 0.337 e. The molecular weight excluding hydrogens is 444 g/mol. The molecule has 0 saturated heterocycles. The number of benzene rings is 2. The Kier molecular flexibility index (Phi) is 6.45. The Morgan fingerprint density at radius 1 is 1.09 bits per heavy atom. The van der Waals surface area contributed by atoms with Gasteiger partial charge in [0.1, 0.15) is 11.7 Å². The Bertz CT molecular complexity index is 1270. The SMILES string of the molecule is CCC1N=C(Nc2cc(-c3ccccc3)nc(Sc3cccc(C(=O)OC)c3)n2)C=C1C1CC1. The molecule has 1 saturated carbocycles. The van der Waals surface area contributed by atoms with E-state index in [0.29, 0.717) is 22.5 Å². The number of ether oxygens (including phenoxy) is 1. The van der Waals surface area contributed by atoms with E-state index in [4.69, 9.17) is 19.7 Å². The number of nitrogens with one attached hydrogen (secondary N) is 1. The number of esters is 1. The van der Waals surface area contributed by atoms with Gasteiger partial charge in [-0.3, -0.25) is 4.99 Å². The fraction of sp³-hybridized carbons (Fsp3) is 0.259. The van der Waals surface area contributed by atoms with Gasteiger partial charge in [0.2, 0.25) is 0 Å². The molecule has 172 valence electrons. The first-order chi connectivity index (χ1) is 16.6. The second-order valence-corrected chi connectivity index (χ2v) is 9.43. The van der Waals surface area contributed by atoms with Crippen LogP contribution >= 0.6 is 11.8 Å². The van der Waals surface area contributed by atoms with Crippen LogP contribution in [0.25, 0.3) is 11.3 Å². The molecule has 5 rings (SSSR count). The molecule has 34 heavy (non-hydrogen) atoms. The number of methoxy groups -OCH3 is 1. The summed E-state index contributed by atoms with van der Waals surface area (Å²) in [6, 6.07) is 19.5. The molecule has 0 amide bonds. The highest BCUT2D eigenvalue weighted by molar-refractivity contribution is 7.99. The van der Waals surface area contributed by atoms with Crippen molar-refractivity contribution in [3.05, 3.63) is 77.9 Å². The van der Waals surface area contributed by atoms with Gasteiger partial charge in [-0.1, -0.05) is 43.3 Å². The summed E-state index contributed by atoms with van der Waals surface area (Å²) in [5.74, 6) is 1.87. The lowest BCUT2D eigenvalue weighted by atomic mass is 10.0. The van der Waals surface area contributed by atoms with Crippen molar-refractivity contribution in [1.82, 2.24) is 9.97 Å². The lowest BCUT2D eigenvalue weighted by Gasteiger charge is -2.10. The van der Waals surface area contributed by atoms with Gasteiger partial charge in [-0.25, -0.2) is 14.8 Å². The summed E-state index contributed by atoms with van der Waals surface area (Å²) in [5.41, 5.74) is 3.76. The lowest BCUT2D eigenvalue weighted by molar-refractivity contribution is 0.0600. The Labute approximate surface area is 203 Å². The molecule has 2 aromatic carbocycles. The first-order valence-corrected chi connectivity index (χ1v) is 12.3. The van der Waals surface area contributed by atoms with Crippen molar-refractivity contribution in [2.75, 3.05) is 12.4 Å². The summed E-state index contributed by atoms with van der Waals surface area (Å²) in [5, 5.41) is 4.01. The number of aromatic nitrogens is 2. The number of hydrogen-bond donors (Lipinski definition) is 1. The minimum Gasteiger partial charge on any atom is -0.465 e. The number of aliphatic imine (C=N–C) groups is 1. The van der Waals surface area contributed by atoms with Crippen LogP contribution in [0.1, 0.15) is 36.5 Å². The third-order valence-corrected chi connectivity index (χ3v) is 6.77. The third-order valence-electron chi connectivity index (χ3n) is 5.91. The zero-order chi connectivity index (χ0) is 23.5. The van der Waals surface area contributed by atoms with E-state index >= 15 is 0 Å². The summed E-state index contributed by atoms with van der Waals surface area (Å²) in [6.45, 7) is 2.18. The fourth-order valence-corrected chi connectivity index (χ4v) is 4.90. The van der Waals surface area contributed by atoms with Crippen LogP contribution in [0.2, 0.25) is 0 Å². The maximum atomic E-state index is 11.9. The molecule has 0 spiro atoms. The molecule has 1 atom stereocenters. The lowest BCUT2D eigenvalue weighted by Crippen LogP contribution is -2.10. The highest BCUT2D eigenvalue weighted by atomic mass is 32.2. The monoisotopic (exact) mass is 470 g/mol. The van der Waals surface area contributed by atoms with Crippen LogP contribution in [-0.2, 0) is 4.74 Å². The topological polar surface area (TPSA) is 76.5 Å². The minimum absolute atomic E-state index is 0.264. The van der Waals surface area contributed by atoms with Crippen molar-refractivity contribution in [1.29, 1.82) is 0 Å². The number of anilines is 1. The number of nitrogens with zero attached hydrogens (tertiary/aromatic N) is 3. The van der Waals surface area contributed by atoms with Crippen molar-refractivity contribution in [3.63, 3.8) is 0 Å². The van der Waals surface area contributed by atoms with E-state index in [2.05, 4.69) is 18.3 Å². The van der Waals surface area contributed by atoms with Crippen LogP contribution in [-0.4, -0.2) is 34.9 Å². The summed E-state index contributed by atoms with van der Waals surface area (Å²) in [6.07, 6.45) is 5.73. The maximum absolute atomic E-state index is 11.9. The van der Waals surface area contributed by atoms with E-state index in [9.17, 15) is 4.79 Å². The molecular formula is C27H26N4O2S. The standard InChI is InChI=1S/C27H26N4O2S/c1-3-22-21(17-12-13-17)15-24(28-22)30-25-16-23(18-8-5-4-6-9-18)29-27(31-25)34-20-11-7-10-19(14-20)26(32)33-2/h4-11,14-17,22H,3,12-13H2,1-2H3,(H,28,29,30,31). The van der Waals surface area contributed by atoms with Crippen molar-refractivity contribution in [2.24, 2.45) is 10.9 Å². The largest absolute Gasteiger partial charge is 0.465 e. The highest BCUT2D eigenvalue weighted by Crippen LogP contribution is 2.41. The van der Waals surface area contributed by atoms with E-state index in [-0.39, 0.29) is 12.0 Å². The third kappa shape index (κ3) is 5.04. The van der Waals surface area contributed by atoms with Crippen LogP contribution in [0.5, 0.6) is 0 Å². The minimum atomic E-state index is -0.369. The Balaban J connectivity index is 1.46. The van der Waals surface area contributed by atoms with E-state index in [1.54, 1.807) is 12.1 Å². The predicted molar refractivity (Wildman–Crippen MR) is 135 cm³/mol. The summed E-state index contributed by atoms with van der Waals surface area (Å²) in [4.78, 5) is 27.3. The van der Waals surface area contributed by atoms with E-state index in [1.165, 1.54) is 37.3 Å². The molecule has 1 aromatic heterocycles. The molecule has 3 aromatic rings. The molecule has 1 aliphatic carbocycles. The molecule has 2 aliphatic rings. The normalized spacial score (nSPS) is 17.2. The van der Waals surface area contributed by atoms with Gasteiger partial charge >= 0.3 is 5.97 Å². The molecule has 1 unspecified atom stereocenters. The van der Waals surface area contributed by atoms with Gasteiger partial charge in [-0.15, -0.1) is 0 Å². The molecule has 1 fully saturated rings. The smallest absolute Gasteiger partial charge is 0.337 e. The van der Waals surface area contributed by atoms with Crippen LogP contribution in [0.15, 0.2) is 87.4 Å². The van der Waals surface area contributed by atoms with Gasteiger partial charge in [0, 0.05) is 16.5 Å². The first-order valence-electron chi connectivity index (χ1n) is 11.5. The fourth-order valence-electron chi connectivity index (χ4n) is 4.07. The molecule has 6 nitrogen and oxygen atoms in total. The Morgan fingerprint density at radius 2 is 1.91 bits per heavy atom. The Morgan fingerprint density at radius 3 is 2.65 bits per heavy atom. The van der Waals surface area contributed by atoms with E-state index in [1.807, 2.05) is 48.5 Å². The van der Waals surface area contributed by atoms with Gasteiger partial charge in [-0.2, -0.15) is 0 Å². The zero-order valence-electron chi connectivity index (χ0n) is 19.2. The van der Waals surface area contributed by atoms with Crippen molar-refractivity contribution >= 4 is 29.4 Å². The van der Waals surface area contributed by atoms with Gasteiger partial charge in [0.25, 0.3) is 0 Å². The van der Waals surface area contributed by atoms with Gasteiger partial charge in [0.15, 0.2) is 5.16 Å². The van der Waals surface area contributed by atoms with Crippen LogP contribution < -0.4 is 5.32 Å². The van der Waals surface area contributed by atoms with Crippen LogP contribution in [0.3, 0.4) is 0 Å². The number of amidine groups is 1.